The first-order chi connectivity index (χ1) is 9.40. The van der Waals surface area contributed by atoms with E-state index in [1.54, 1.807) is 0 Å². The molecule has 1 atom stereocenters. The van der Waals surface area contributed by atoms with Crippen LogP contribution in [-0.4, -0.2) is 35.0 Å². The largest absolute Gasteiger partial charge is 0.478 e. The van der Waals surface area contributed by atoms with Crippen LogP contribution in [-0.2, 0) is 0 Å². The van der Waals surface area contributed by atoms with E-state index < -0.39 is 29.1 Å². The maximum absolute atomic E-state index is 13.3. The van der Waals surface area contributed by atoms with E-state index in [-0.39, 0.29) is 5.56 Å². The molecule has 0 radical (unpaired) electrons. The maximum atomic E-state index is 13.3. The average molecular weight is 283 g/mol. The van der Waals surface area contributed by atoms with Gasteiger partial charge < -0.3 is 10.0 Å². The van der Waals surface area contributed by atoms with Crippen molar-refractivity contribution in [1.82, 2.24) is 4.90 Å². The number of hydrogen-bond donors (Lipinski definition) is 1. The van der Waals surface area contributed by atoms with Crippen LogP contribution in [0.3, 0.4) is 0 Å². The van der Waals surface area contributed by atoms with Crippen molar-refractivity contribution in [2.24, 2.45) is 5.92 Å². The van der Waals surface area contributed by atoms with Gasteiger partial charge in [-0.1, -0.05) is 6.92 Å². The number of amides is 1. The van der Waals surface area contributed by atoms with E-state index >= 15 is 0 Å². The van der Waals surface area contributed by atoms with Crippen LogP contribution >= 0.6 is 0 Å². The third kappa shape index (κ3) is 2.79. The molecular weight excluding hydrogens is 268 g/mol. The minimum absolute atomic E-state index is 0.300. The van der Waals surface area contributed by atoms with Crippen molar-refractivity contribution < 1.29 is 23.5 Å². The zero-order valence-corrected chi connectivity index (χ0v) is 11.0. The summed E-state index contributed by atoms with van der Waals surface area (Å²) in [6.07, 6.45) is 1.81. The fraction of sp³-hybridized carbons (Fsp3) is 0.429. The lowest BCUT2D eigenvalue weighted by atomic mass is 9.98. The molecule has 1 saturated heterocycles. The molecule has 1 aliphatic rings. The van der Waals surface area contributed by atoms with E-state index in [1.165, 1.54) is 4.90 Å². The van der Waals surface area contributed by atoms with Crippen molar-refractivity contribution in [2.75, 3.05) is 13.1 Å². The molecule has 1 heterocycles. The van der Waals surface area contributed by atoms with Gasteiger partial charge in [0.1, 0.15) is 0 Å². The summed E-state index contributed by atoms with van der Waals surface area (Å²) >= 11 is 0. The predicted molar refractivity (Wildman–Crippen MR) is 67.6 cm³/mol. The van der Waals surface area contributed by atoms with Gasteiger partial charge >= 0.3 is 5.97 Å². The number of rotatable bonds is 2. The molecule has 108 valence electrons. The van der Waals surface area contributed by atoms with Crippen molar-refractivity contribution in [3.05, 3.63) is 34.9 Å². The number of piperidine rings is 1. The van der Waals surface area contributed by atoms with Gasteiger partial charge in [0, 0.05) is 13.1 Å². The van der Waals surface area contributed by atoms with Crippen LogP contribution in [0.15, 0.2) is 12.1 Å². The predicted octanol–water partition coefficient (Wildman–Crippen LogP) is 2.54. The number of hydrogen-bond acceptors (Lipinski definition) is 2. The molecule has 0 spiro atoms. The number of carbonyl (C=O) groups excluding carboxylic acids is 1. The molecule has 1 fully saturated rings. The Labute approximate surface area is 115 Å². The second-order valence-corrected chi connectivity index (χ2v) is 5.12. The smallest absolute Gasteiger partial charge is 0.336 e. The lowest BCUT2D eigenvalue weighted by Gasteiger charge is -2.31. The topological polar surface area (TPSA) is 57.6 Å². The van der Waals surface area contributed by atoms with E-state index in [9.17, 15) is 18.4 Å². The van der Waals surface area contributed by atoms with Crippen LogP contribution in [0.1, 0.15) is 40.5 Å². The van der Waals surface area contributed by atoms with Gasteiger partial charge in [0.15, 0.2) is 11.6 Å². The second kappa shape index (κ2) is 5.56. The third-order valence-corrected chi connectivity index (χ3v) is 3.47. The minimum Gasteiger partial charge on any atom is -0.478 e. The molecule has 6 heteroatoms. The lowest BCUT2D eigenvalue weighted by molar-refractivity contribution is 0.0646. The molecule has 20 heavy (non-hydrogen) atoms. The summed E-state index contributed by atoms with van der Waals surface area (Å²) in [4.78, 5) is 24.9. The van der Waals surface area contributed by atoms with E-state index in [2.05, 4.69) is 0 Å². The Morgan fingerprint density at radius 3 is 2.40 bits per heavy atom. The number of aromatic carboxylic acids is 1. The van der Waals surface area contributed by atoms with Gasteiger partial charge in [0.2, 0.25) is 0 Å². The summed E-state index contributed by atoms with van der Waals surface area (Å²) in [5.41, 5.74) is -0.808. The van der Waals surface area contributed by atoms with Crippen molar-refractivity contribution in [3.8, 4) is 0 Å². The van der Waals surface area contributed by atoms with Gasteiger partial charge in [0.05, 0.1) is 11.1 Å². The molecule has 0 saturated carbocycles. The van der Waals surface area contributed by atoms with Crippen LogP contribution in [0, 0.1) is 17.6 Å². The number of carboxylic acids is 1. The van der Waals surface area contributed by atoms with E-state index in [0.717, 1.165) is 12.8 Å². The summed E-state index contributed by atoms with van der Waals surface area (Å²) in [5.74, 6) is -4.19. The highest BCUT2D eigenvalue weighted by Crippen LogP contribution is 2.21. The maximum Gasteiger partial charge on any atom is 0.336 e. The fourth-order valence-electron chi connectivity index (χ4n) is 2.44. The number of nitrogens with zero attached hydrogens (tertiary/aromatic N) is 1. The molecule has 1 N–H and O–H groups in total. The SMILES string of the molecule is CC1CCCN(C(=O)c2cc(F)c(F)cc2C(=O)O)C1. The summed E-state index contributed by atoms with van der Waals surface area (Å²) in [7, 11) is 0. The van der Waals surface area contributed by atoms with Crippen molar-refractivity contribution in [1.29, 1.82) is 0 Å². The molecule has 1 aliphatic heterocycles. The van der Waals surface area contributed by atoms with Crippen molar-refractivity contribution >= 4 is 11.9 Å². The van der Waals surface area contributed by atoms with Crippen LogP contribution in [0.5, 0.6) is 0 Å². The number of benzene rings is 1. The standard InChI is InChI=1S/C14H15F2NO3/c1-8-3-2-4-17(7-8)13(18)9-5-11(15)12(16)6-10(9)14(19)20/h5-6,8H,2-4,7H2,1H3,(H,19,20). The first-order valence-corrected chi connectivity index (χ1v) is 6.41. The lowest BCUT2D eigenvalue weighted by Crippen LogP contribution is -2.39. The summed E-state index contributed by atoms with van der Waals surface area (Å²) in [5, 5.41) is 9.02. The minimum atomic E-state index is -1.45. The van der Waals surface area contributed by atoms with Gasteiger partial charge in [-0.25, -0.2) is 13.6 Å². The molecule has 4 nitrogen and oxygen atoms in total. The Morgan fingerprint density at radius 1 is 1.25 bits per heavy atom. The summed E-state index contributed by atoms with van der Waals surface area (Å²) in [6, 6.07) is 1.22. The van der Waals surface area contributed by atoms with E-state index in [1.807, 2.05) is 6.92 Å². The van der Waals surface area contributed by atoms with Gasteiger partial charge in [-0.15, -0.1) is 0 Å². The highest BCUT2D eigenvalue weighted by atomic mass is 19.2. The molecule has 1 amide bonds. The van der Waals surface area contributed by atoms with Crippen LogP contribution in [0.4, 0.5) is 8.78 Å². The molecular formula is C14H15F2NO3. The quantitative estimate of drug-likeness (QED) is 0.907. The Kier molecular flexibility index (Phi) is 4.01. The molecule has 0 bridgehead atoms. The zero-order chi connectivity index (χ0) is 14.9. The normalized spacial score (nSPS) is 18.9. The third-order valence-electron chi connectivity index (χ3n) is 3.47. The number of carbonyl (C=O) groups is 2. The zero-order valence-electron chi connectivity index (χ0n) is 11.0. The summed E-state index contributed by atoms with van der Waals surface area (Å²) < 4.78 is 26.4. The van der Waals surface area contributed by atoms with Gasteiger partial charge in [-0.3, -0.25) is 4.79 Å². The Balaban J connectivity index is 2.38. The van der Waals surface area contributed by atoms with Crippen molar-refractivity contribution in [2.45, 2.75) is 19.8 Å². The molecule has 2 rings (SSSR count). The number of carboxylic acid groups (broad SMARTS) is 1. The number of halogens is 2. The average Bonchev–Trinajstić information content (AvgIpc) is 2.40. The Morgan fingerprint density at radius 2 is 1.85 bits per heavy atom. The monoisotopic (exact) mass is 283 g/mol. The Hall–Kier alpha value is -1.98. The molecule has 0 aromatic heterocycles. The van der Waals surface area contributed by atoms with E-state index in [4.69, 9.17) is 5.11 Å². The highest BCUT2D eigenvalue weighted by Gasteiger charge is 2.27. The molecule has 1 aromatic rings. The first kappa shape index (κ1) is 14.4. The van der Waals surface area contributed by atoms with Gasteiger partial charge in [0.25, 0.3) is 5.91 Å². The molecule has 0 aliphatic carbocycles. The molecule has 1 unspecified atom stereocenters. The van der Waals surface area contributed by atoms with Crippen LogP contribution in [0.2, 0.25) is 0 Å². The van der Waals surface area contributed by atoms with Crippen LogP contribution in [0.25, 0.3) is 0 Å². The highest BCUT2D eigenvalue weighted by molar-refractivity contribution is 6.04. The van der Waals surface area contributed by atoms with Crippen LogP contribution < -0.4 is 0 Å². The first-order valence-electron chi connectivity index (χ1n) is 6.41. The van der Waals surface area contributed by atoms with Gasteiger partial charge in [-0.05, 0) is 30.9 Å². The van der Waals surface area contributed by atoms with Crippen molar-refractivity contribution in [3.63, 3.8) is 0 Å². The fourth-order valence-corrected chi connectivity index (χ4v) is 2.44. The Bertz CT molecular complexity index is 560. The summed E-state index contributed by atoms with van der Waals surface area (Å²) in [6.45, 7) is 2.99. The molecule has 1 aromatic carbocycles. The van der Waals surface area contributed by atoms with Gasteiger partial charge in [-0.2, -0.15) is 0 Å². The number of likely N-dealkylation sites (tertiary alicyclic amines) is 1. The van der Waals surface area contributed by atoms with E-state index in [0.29, 0.717) is 31.1 Å². The second-order valence-electron chi connectivity index (χ2n) is 5.12.